The third-order valence-electron chi connectivity index (χ3n) is 2.34. The molecule has 0 spiro atoms. The maximum atomic E-state index is 11.9. The highest BCUT2D eigenvalue weighted by Crippen LogP contribution is 2.27. The molecule has 0 fully saturated rings. The fraction of sp³-hybridized carbons (Fsp3) is 0.154. The van der Waals surface area contributed by atoms with E-state index < -0.39 is 0 Å². The highest BCUT2D eigenvalue weighted by molar-refractivity contribution is 8.01. The van der Waals surface area contributed by atoms with E-state index in [1.54, 1.807) is 24.3 Å². The van der Waals surface area contributed by atoms with Crippen LogP contribution in [0.3, 0.4) is 0 Å². The van der Waals surface area contributed by atoms with Gasteiger partial charge in [0.1, 0.15) is 0 Å². The average molecular weight is 375 g/mol. The lowest BCUT2D eigenvalue weighted by atomic mass is 10.3. The standard InChI is InChI=1S/C13H12Cl2N4OS2/c1-2-5-16-12-18-19-13(22-12)21-7-11(20)17-10-4-3-8(14)6-9(10)15/h2-4,6H,1,5,7H2,(H,16,18)(H,17,20). The molecule has 0 saturated carbocycles. The molecule has 0 saturated heterocycles. The molecule has 1 aromatic heterocycles. The third kappa shape index (κ3) is 5.17. The molecule has 0 atom stereocenters. The van der Waals surface area contributed by atoms with Crippen molar-refractivity contribution >= 4 is 63.0 Å². The molecule has 1 amide bonds. The SMILES string of the molecule is C=CCNc1nnc(SCC(=O)Nc2ccc(Cl)cc2Cl)s1. The molecule has 1 heterocycles. The van der Waals surface area contributed by atoms with Gasteiger partial charge in [-0.15, -0.1) is 16.8 Å². The van der Waals surface area contributed by atoms with Gasteiger partial charge in [-0.2, -0.15) is 0 Å². The Labute approximate surface area is 146 Å². The van der Waals surface area contributed by atoms with E-state index in [1.165, 1.54) is 23.1 Å². The van der Waals surface area contributed by atoms with Crippen LogP contribution in [0.4, 0.5) is 10.8 Å². The molecule has 2 aromatic rings. The Morgan fingerprint density at radius 1 is 1.41 bits per heavy atom. The number of nitrogens with one attached hydrogen (secondary N) is 2. The summed E-state index contributed by atoms with van der Waals surface area (Å²) in [4.78, 5) is 11.9. The normalized spacial score (nSPS) is 10.3. The van der Waals surface area contributed by atoms with Gasteiger partial charge in [-0.05, 0) is 18.2 Å². The van der Waals surface area contributed by atoms with E-state index in [9.17, 15) is 4.79 Å². The van der Waals surface area contributed by atoms with E-state index in [4.69, 9.17) is 23.2 Å². The summed E-state index contributed by atoms with van der Waals surface area (Å²) in [6.45, 7) is 4.23. The molecule has 0 aliphatic carbocycles. The monoisotopic (exact) mass is 374 g/mol. The minimum absolute atomic E-state index is 0.176. The van der Waals surface area contributed by atoms with Crippen molar-refractivity contribution in [2.75, 3.05) is 22.9 Å². The number of hydrogen-bond donors (Lipinski definition) is 2. The number of hydrogen-bond acceptors (Lipinski definition) is 6. The number of halogens is 2. The summed E-state index contributed by atoms with van der Waals surface area (Å²) in [5.74, 6) is 0.0414. The van der Waals surface area contributed by atoms with Gasteiger partial charge in [0.05, 0.1) is 16.5 Å². The summed E-state index contributed by atoms with van der Waals surface area (Å²) >= 11 is 14.5. The van der Waals surface area contributed by atoms with Crippen LogP contribution in [0.5, 0.6) is 0 Å². The van der Waals surface area contributed by atoms with Crippen LogP contribution in [0, 0.1) is 0 Å². The fourth-order valence-electron chi connectivity index (χ4n) is 1.40. The van der Waals surface area contributed by atoms with Crippen LogP contribution >= 0.6 is 46.3 Å². The van der Waals surface area contributed by atoms with E-state index in [2.05, 4.69) is 27.4 Å². The number of carbonyl (C=O) groups excluding carboxylic acids is 1. The van der Waals surface area contributed by atoms with Gasteiger partial charge in [0.25, 0.3) is 0 Å². The van der Waals surface area contributed by atoms with E-state index in [1.807, 2.05) is 0 Å². The predicted molar refractivity (Wildman–Crippen MR) is 94.4 cm³/mol. The lowest BCUT2D eigenvalue weighted by Gasteiger charge is -2.06. The zero-order valence-corrected chi connectivity index (χ0v) is 14.5. The molecule has 0 bridgehead atoms. The summed E-state index contributed by atoms with van der Waals surface area (Å²) in [6.07, 6.45) is 1.73. The number of anilines is 2. The predicted octanol–water partition coefficient (Wildman–Crippen LogP) is 4.17. The average Bonchev–Trinajstić information content (AvgIpc) is 2.94. The van der Waals surface area contributed by atoms with Gasteiger partial charge in [-0.25, -0.2) is 0 Å². The van der Waals surface area contributed by atoms with Crippen LogP contribution in [-0.4, -0.2) is 28.4 Å². The zero-order valence-electron chi connectivity index (χ0n) is 11.3. The molecule has 1 aromatic carbocycles. The molecular formula is C13H12Cl2N4OS2. The van der Waals surface area contributed by atoms with Crippen molar-refractivity contribution in [3.63, 3.8) is 0 Å². The summed E-state index contributed by atoms with van der Waals surface area (Å²) < 4.78 is 0.712. The Balaban J connectivity index is 1.84. The van der Waals surface area contributed by atoms with E-state index in [0.717, 1.165) is 0 Å². The molecule has 0 aliphatic heterocycles. The van der Waals surface area contributed by atoms with Gasteiger partial charge in [-0.3, -0.25) is 4.79 Å². The van der Waals surface area contributed by atoms with E-state index in [-0.39, 0.29) is 11.7 Å². The molecule has 116 valence electrons. The second-order valence-corrected chi connectivity index (χ2v) is 7.05. The number of nitrogens with zero attached hydrogens (tertiary/aromatic N) is 2. The minimum atomic E-state index is -0.176. The topological polar surface area (TPSA) is 66.9 Å². The van der Waals surface area contributed by atoms with Gasteiger partial charge >= 0.3 is 0 Å². The maximum Gasteiger partial charge on any atom is 0.234 e. The third-order valence-corrected chi connectivity index (χ3v) is 4.90. The van der Waals surface area contributed by atoms with Crippen LogP contribution in [0.2, 0.25) is 10.0 Å². The summed E-state index contributed by atoms with van der Waals surface area (Å²) in [7, 11) is 0. The molecule has 0 radical (unpaired) electrons. The van der Waals surface area contributed by atoms with Crippen LogP contribution in [0.1, 0.15) is 0 Å². The maximum absolute atomic E-state index is 11.9. The van der Waals surface area contributed by atoms with Crippen molar-refractivity contribution < 1.29 is 4.79 Å². The Morgan fingerprint density at radius 2 is 2.23 bits per heavy atom. The van der Waals surface area contributed by atoms with Gasteiger partial charge < -0.3 is 10.6 Å². The van der Waals surface area contributed by atoms with Gasteiger partial charge in [0.15, 0.2) is 4.34 Å². The lowest BCUT2D eigenvalue weighted by Crippen LogP contribution is -2.14. The molecule has 5 nitrogen and oxygen atoms in total. The molecular weight excluding hydrogens is 363 g/mol. The molecule has 0 aliphatic rings. The highest BCUT2D eigenvalue weighted by Gasteiger charge is 2.10. The Bertz CT molecular complexity index is 678. The minimum Gasteiger partial charge on any atom is -0.357 e. The summed E-state index contributed by atoms with van der Waals surface area (Å²) in [5.41, 5.74) is 0.530. The Morgan fingerprint density at radius 3 is 2.95 bits per heavy atom. The first-order chi connectivity index (χ1) is 10.6. The highest BCUT2D eigenvalue weighted by atomic mass is 35.5. The first-order valence-corrected chi connectivity index (χ1v) is 8.70. The van der Waals surface area contributed by atoms with Crippen LogP contribution < -0.4 is 10.6 Å². The first kappa shape index (κ1) is 17.1. The zero-order chi connectivity index (χ0) is 15.9. The molecule has 2 N–H and O–H groups in total. The number of amides is 1. The fourth-order valence-corrected chi connectivity index (χ4v) is 3.42. The van der Waals surface area contributed by atoms with Crippen LogP contribution in [-0.2, 0) is 4.79 Å². The summed E-state index contributed by atoms with van der Waals surface area (Å²) in [5, 5.41) is 15.3. The smallest absolute Gasteiger partial charge is 0.234 e. The quantitative estimate of drug-likeness (QED) is 0.562. The second-order valence-electron chi connectivity index (χ2n) is 4.00. The number of carbonyl (C=O) groups is 1. The van der Waals surface area contributed by atoms with E-state index >= 15 is 0 Å². The van der Waals surface area contributed by atoms with Crippen LogP contribution in [0.15, 0.2) is 35.2 Å². The van der Waals surface area contributed by atoms with Crippen LogP contribution in [0.25, 0.3) is 0 Å². The first-order valence-electron chi connectivity index (χ1n) is 6.14. The largest absolute Gasteiger partial charge is 0.357 e. The lowest BCUT2D eigenvalue weighted by molar-refractivity contribution is -0.113. The van der Waals surface area contributed by atoms with Crippen molar-refractivity contribution in [2.24, 2.45) is 0 Å². The van der Waals surface area contributed by atoms with Crippen molar-refractivity contribution in [2.45, 2.75) is 4.34 Å². The van der Waals surface area contributed by atoms with E-state index in [0.29, 0.717) is 31.7 Å². The Hall–Kier alpha value is -1.28. The Kier molecular flexibility index (Phi) is 6.50. The molecule has 9 heteroatoms. The van der Waals surface area contributed by atoms with Crippen molar-refractivity contribution in [1.29, 1.82) is 0 Å². The summed E-state index contributed by atoms with van der Waals surface area (Å²) in [6, 6.07) is 4.90. The van der Waals surface area contributed by atoms with Gasteiger partial charge in [0, 0.05) is 11.6 Å². The number of benzene rings is 1. The second kappa shape index (κ2) is 8.38. The van der Waals surface area contributed by atoms with Crippen molar-refractivity contribution in [3.8, 4) is 0 Å². The molecule has 22 heavy (non-hydrogen) atoms. The number of aromatic nitrogens is 2. The van der Waals surface area contributed by atoms with Crippen molar-refractivity contribution in [3.05, 3.63) is 40.9 Å². The number of rotatable bonds is 7. The number of thioether (sulfide) groups is 1. The molecule has 2 rings (SSSR count). The van der Waals surface area contributed by atoms with Crippen molar-refractivity contribution in [1.82, 2.24) is 10.2 Å². The van der Waals surface area contributed by atoms with Gasteiger partial charge in [-0.1, -0.05) is 52.4 Å². The molecule has 0 unspecified atom stereocenters. The van der Waals surface area contributed by atoms with Gasteiger partial charge in [0.2, 0.25) is 11.0 Å².